The van der Waals surface area contributed by atoms with Crippen molar-refractivity contribution < 1.29 is 58.7 Å². The average Bonchev–Trinajstić information content (AvgIpc) is 3.43. The van der Waals surface area contributed by atoms with Gasteiger partial charge in [-0.05, 0) is 26.7 Å². The van der Waals surface area contributed by atoms with E-state index < -0.39 is 110 Å². The number of amides is 6. The molecule has 2 rings (SSSR count). The second kappa shape index (κ2) is 15.9. The van der Waals surface area contributed by atoms with Crippen LogP contribution in [0.5, 0.6) is 0 Å². The van der Waals surface area contributed by atoms with Gasteiger partial charge in [0, 0.05) is 20.4 Å². The van der Waals surface area contributed by atoms with Gasteiger partial charge in [-0.2, -0.15) is 0 Å². The highest BCUT2D eigenvalue weighted by Gasteiger charge is 2.47. The lowest BCUT2D eigenvalue weighted by atomic mass is 9.96. The van der Waals surface area contributed by atoms with E-state index >= 15 is 0 Å². The second-order valence-electron chi connectivity index (χ2n) is 10.5. The van der Waals surface area contributed by atoms with Gasteiger partial charge < -0.3 is 61.8 Å². The molecule has 0 radical (unpaired) electrons. The molecule has 244 valence electrons. The van der Waals surface area contributed by atoms with Gasteiger partial charge in [0.1, 0.15) is 48.5 Å². The SMILES string of the molecule is CC(=O)N[C@H]1[C@@H](O[C@H](C)[C@H](NC(=O)[C@H](CO)NC(C)=O)C(=O)N[C@@H](C)C(=O)N2CCC[C@H]2C(N)=O)O[C@H](CO)[C@H](O)[C@@H]1O. The number of hydrogen-bond acceptors (Lipinski definition) is 12. The van der Waals surface area contributed by atoms with Crippen molar-refractivity contribution in [3.63, 3.8) is 0 Å². The van der Waals surface area contributed by atoms with Gasteiger partial charge in [-0.15, -0.1) is 0 Å². The minimum Gasteiger partial charge on any atom is -0.394 e. The summed E-state index contributed by atoms with van der Waals surface area (Å²) in [7, 11) is 0. The van der Waals surface area contributed by atoms with Crippen LogP contribution in [0, 0.1) is 0 Å². The number of aliphatic hydroxyl groups is 4. The molecule has 0 aromatic heterocycles. The molecule has 2 aliphatic rings. The summed E-state index contributed by atoms with van der Waals surface area (Å²) >= 11 is 0. The van der Waals surface area contributed by atoms with Gasteiger partial charge in [0.25, 0.3) is 0 Å². The fourth-order valence-corrected chi connectivity index (χ4v) is 4.91. The maximum Gasteiger partial charge on any atom is 0.245 e. The Kier molecular flexibility index (Phi) is 13.2. The summed E-state index contributed by atoms with van der Waals surface area (Å²) in [6, 6.07) is -6.51. The Bertz CT molecular complexity index is 1050. The van der Waals surface area contributed by atoms with Crippen LogP contribution < -0.4 is 27.0 Å². The standard InChI is InChI=1S/C25H42N6O12/c1-10(24(41)31-7-5-6-15(31)21(26)38)27-23(40)17(30-22(39)14(8-32)28-12(3)34)11(2)42-25-18(29-13(4)35)20(37)19(36)16(9-33)43-25/h10-11,14-20,25,32-33,36-37H,5-9H2,1-4H3,(H2,26,38)(H,27,40)(H,28,34)(H,29,35)(H,30,39)/t10-,11+,14-,15-,16+,17-,18+,19-,20+,25-/m0/s1. The molecule has 18 heteroatoms. The van der Waals surface area contributed by atoms with Crippen LogP contribution in [0.4, 0.5) is 0 Å². The lowest BCUT2D eigenvalue weighted by Gasteiger charge is -2.43. The molecule has 2 heterocycles. The van der Waals surface area contributed by atoms with Crippen molar-refractivity contribution in [1.29, 1.82) is 0 Å². The molecular formula is C25H42N6O12. The molecule has 0 aromatic carbocycles. The fourth-order valence-electron chi connectivity index (χ4n) is 4.91. The Morgan fingerprint density at radius 3 is 2.16 bits per heavy atom. The van der Waals surface area contributed by atoms with Crippen molar-refractivity contribution in [1.82, 2.24) is 26.2 Å². The lowest BCUT2D eigenvalue weighted by Crippen LogP contribution is -2.66. The van der Waals surface area contributed by atoms with Gasteiger partial charge >= 0.3 is 0 Å². The molecule has 0 saturated carbocycles. The predicted molar refractivity (Wildman–Crippen MR) is 144 cm³/mol. The van der Waals surface area contributed by atoms with E-state index in [1.54, 1.807) is 0 Å². The Labute approximate surface area is 247 Å². The molecule has 43 heavy (non-hydrogen) atoms. The summed E-state index contributed by atoms with van der Waals surface area (Å²) in [5.74, 6) is -4.53. The van der Waals surface area contributed by atoms with E-state index in [0.717, 1.165) is 13.8 Å². The van der Waals surface area contributed by atoms with E-state index in [0.29, 0.717) is 12.8 Å². The highest BCUT2D eigenvalue weighted by Crippen LogP contribution is 2.24. The maximum atomic E-state index is 13.5. The molecule has 2 fully saturated rings. The summed E-state index contributed by atoms with van der Waals surface area (Å²) in [4.78, 5) is 75.7. The van der Waals surface area contributed by atoms with Crippen molar-refractivity contribution >= 4 is 35.4 Å². The Morgan fingerprint density at radius 2 is 1.63 bits per heavy atom. The van der Waals surface area contributed by atoms with Crippen LogP contribution in [0.15, 0.2) is 0 Å². The van der Waals surface area contributed by atoms with Gasteiger partial charge in [-0.25, -0.2) is 0 Å². The van der Waals surface area contributed by atoms with Crippen molar-refractivity contribution in [2.75, 3.05) is 19.8 Å². The number of primary amides is 1. The lowest BCUT2D eigenvalue weighted by molar-refractivity contribution is -0.281. The number of carbonyl (C=O) groups excluding carboxylic acids is 6. The molecule has 2 saturated heterocycles. The number of aliphatic hydroxyl groups excluding tert-OH is 4. The first-order valence-corrected chi connectivity index (χ1v) is 13.8. The quantitative estimate of drug-likeness (QED) is 0.0934. The monoisotopic (exact) mass is 618 g/mol. The molecule has 6 amide bonds. The van der Waals surface area contributed by atoms with Crippen molar-refractivity contribution in [3.8, 4) is 0 Å². The Balaban J connectivity index is 2.32. The molecule has 2 aliphatic heterocycles. The third-order valence-corrected chi connectivity index (χ3v) is 7.12. The highest BCUT2D eigenvalue weighted by atomic mass is 16.7. The molecule has 0 spiro atoms. The molecule has 10 N–H and O–H groups in total. The summed E-state index contributed by atoms with van der Waals surface area (Å²) in [5.41, 5.74) is 5.39. The topological polar surface area (TPSA) is 279 Å². The number of nitrogens with two attached hydrogens (primary N) is 1. The number of carbonyl (C=O) groups is 6. The van der Waals surface area contributed by atoms with E-state index in [9.17, 15) is 49.2 Å². The molecule has 18 nitrogen and oxygen atoms in total. The van der Waals surface area contributed by atoms with Gasteiger partial charge in [-0.3, -0.25) is 28.8 Å². The van der Waals surface area contributed by atoms with Gasteiger partial charge in [0.05, 0.1) is 19.3 Å². The number of nitrogens with one attached hydrogen (secondary N) is 4. The van der Waals surface area contributed by atoms with Crippen molar-refractivity contribution in [3.05, 3.63) is 0 Å². The molecule has 0 aromatic rings. The molecule has 0 unspecified atom stereocenters. The smallest absolute Gasteiger partial charge is 0.245 e. The number of ether oxygens (including phenoxy) is 2. The zero-order valence-electron chi connectivity index (χ0n) is 24.4. The van der Waals surface area contributed by atoms with E-state index in [4.69, 9.17) is 15.2 Å². The van der Waals surface area contributed by atoms with Crippen LogP contribution in [0.2, 0.25) is 0 Å². The first-order chi connectivity index (χ1) is 20.1. The third-order valence-electron chi connectivity index (χ3n) is 7.12. The third kappa shape index (κ3) is 9.28. The zero-order chi connectivity index (χ0) is 32.6. The zero-order valence-corrected chi connectivity index (χ0v) is 24.4. The molecule has 0 aliphatic carbocycles. The number of likely N-dealkylation sites (tertiary alicyclic amines) is 1. The largest absolute Gasteiger partial charge is 0.394 e. The fraction of sp³-hybridized carbons (Fsp3) is 0.760. The van der Waals surface area contributed by atoms with E-state index in [1.165, 1.54) is 18.7 Å². The van der Waals surface area contributed by atoms with Gasteiger partial charge in [0.15, 0.2) is 6.29 Å². The Morgan fingerprint density at radius 1 is 0.977 bits per heavy atom. The van der Waals surface area contributed by atoms with Crippen LogP contribution in [0.1, 0.15) is 40.5 Å². The highest BCUT2D eigenvalue weighted by molar-refractivity contribution is 5.95. The van der Waals surface area contributed by atoms with Crippen molar-refractivity contribution in [2.45, 2.75) is 101 Å². The first-order valence-electron chi connectivity index (χ1n) is 13.8. The van der Waals surface area contributed by atoms with Crippen LogP contribution >= 0.6 is 0 Å². The van der Waals surface area contributed by atoms with Gasteiger partial charge in [-0.1, -0.05) is 0 Å². The van der Waals surface area contributed by atoms with E-state index in [1.807, 2.05) is 0 Å². The summed E-state index contributed by atoms with van der Waals surface area (Å²) in [6.07, 6.45) is -6.62. The number of rotatable bonds is 13. The molecule has 0 bridgehead atoms. The van der Waals surface area contributed by atoms with Crippen molar-refractivity contribution in [2.24, 2.45) is 5.73 Å². The summed E-state index contributed by atoms with van der Waals surface area (Å²) in [6.45, 7) is 3.58. The minimum atomic E-state index is -1.66. The molecule has 10 atom stereocenters. The van der Waals surface area contributed by atoms with Crippen LogP contribution in [0.25, 0.3) is 0 Å². The predicted octanol–water partition coefficient (Wildman–Crippen LogP) is -5.70. The Hall–Kier alpha value is -3.42. The van der Waals surface area contributed by atoms with Crippen LogP contribution in [-0.2, 0) is 38.2 Å². The average molecular weight is 619 g/mol. The first kappa shape index (κ1) is 35.8. The summed E-state index contributed by atoms with van der Waals surface area (Å²) < 4.78 is 11.4. The van der Waals surface area contributed by atoms with Crippen LogP contribution in [-0.4, -0.2) is 141 Å². The van der Waals surface area contributed by atoms with Crippen LogP contribution in [0.3, 0.4) is 0 Å². The second-order valence-corrected chi connectivity index (χ2v) is 10.5. The van der Waals surface area contributed by atoms with E-state index in [-0.39, 0.29) is 6.54 Å². The van der Waals surface area contributed by atoms with E-state index in [2.05, 4.69) is 21.3 Å². The van der Waals surface area contributed by atoms with Gasteiger partial charge in [0.2, 0.25) is 35.4 Å². The normalized spacial score (nSPS) is 28.1. The molecular weight excluding hydrogens is 576 g/mol. The minimum absolute atomic E-state index is 0.241. The number of hydrogen-bond donors (Lipinski definition) is 9. The summed E-state index contributed by atoms with van der Waals surface area (Å²) in [5, 5.41) is 49.4. The maximum absolute atomic E-state index is 13.5. The number of nitrogens with zero attached hydrogens (tertiary/aromatic N) is 1.